The molecule has 1 aromatic heterocycles. The molecule has 1 aliphatic rings. The van der Waals surface area contributed by atoms with E-state index < -0.39 is 0 Å². The molecule has 0 unspecified atom stereocenters. The highest BCUT2D eigenvalue weighted by Gasteiger charge is 2.22. The van der Waals surface area contributed by atoms with Gasteiger partial charge < -0.3 is 0 Å². The van der Waals surface area contributed by atoms with Crippen molar-refractivity contribution >= 4 is 24.1 Å². The van der Waals surface area contributed by atoms with Crippen LogP contribution in [0.25, 0.3) is 0 Å². The fraction of sp³-hybridized carbons (Fsp3) is 0.571. The predicted molar refractivity (Wildman–Crippen MR) is 51.7 cm³/mol. The summed E-state index contributed by atoms with van der Waals surface area (Å²) in [6.07, 6.45) is 2.22. The van der Waals surface area contributed by atoms with E-state index in [9.17, 15) is 4.79 Å². The summed E-state index contributed by atoms with van der Waals surface area (Å²) in [4.78, 5) is 11.8. The Labute approximate surface area is 85.2 Å². The largest absolute Gasteiger partial charge is 0.305 e. The molecule has 0 aromatic carbocycles. The lowest BCUT2D eigenvalue weighted by molar-refractivity contribution is -0.757. The number of rotatable bonds is 3. The molecule has 76 valence electrons. The molecule has 0 atom stereocenters. The first-order chi connectivity index (χ1) is 6.90. The molecule has 1 aromatic rings. The average Bonchev–Trinajstić information content (AvgIpc) is 2.68. The number of anilines is 1. The summed E-state index contributed by atoms with van der Waals surface area (Å²) in [6.45, 7) is 1.89. The van der Waals surface area contributed by atoms with Gasteiger partial charge in [0.05, 0.1) is 17.9 Å². The summed E-state index contributed by atoms with van der Waals surface area (Å²) in [5.41, 5.74) is 0. The fourth-order valence-corrected chi connectivity index (χ4v) is 2.14. The second kappa shape index (κ2) is 4.32. The summed E-state index contributed by atoms with van der Waals surface area (Å²) in [5, 5.41) is 8.27. The monoisotopic (exact) mass is 215 g/mol. The van der Waals surface area contributed by atoms with Crippen molar-refractivity contribution in [3.8, 4) is 0 Å². The second-order valence-electron chi connectivity index (χ2n) is 2.81. The zero-order valence-electron chi connectivity index (χ0n) is 7.55. The number of carbonyl (C=O) groups is 1. The lowest BCUT2D eigenvalue weighted by Gasteiger charge is -2.17. The Morgan fingerprint density at radius 1 is 1.64 bits per heavy atom. The van der Waals surface area contributed by atoms with Gasteiger partial charge in [-0.25, -0.2) is 0 Å². The Bertz CT molecular complexity index is 310. The molecule has 2 rings (SSSR count). The Morgan fingerprint density at radius 2 is 2.43 bits per heavy atom. The second-order valence-corrected chi connectivity index (χ2v) is 4.04. The molecule has 1 amide bonds. The first-order valence-electron chi connectivity index (χ1n) is 4.32. The van der Waals surface area contributed by atoms with Gasteiger partial charge in [0, 0.05) is 11.5 Å². The van der Waals surface area contributed by atoms with E-state index in [1.165, 1.54) is 0 Å². The predicted octanol–water partition coefficient (Wildman–Crippen LogP) is -0.785. The molecule has 14 heavy (non-hydrogen) atoms. The van der Waals surface area contributed by atoms with Crippen LogP contribution in [0, 0.1) is 0 Å². The van der Waals surface area contributed by atoms with Crippen LogP contribution in [0.5, 0.6) is 0 Å². The van der Waals surface area contributed by atoms with E-state index in [2.05, 4.69) is 15.6 Å². The minimum absolute atomic E-state index is 0.359. The third kappa shape index (κ3) is 1.98. The molecule has 0 spiro atoms. The number of nitrogens with one attached hydrogen (secondary N) is 1. The summed E-state index contributed by atoms with van der Waals surface area (Å²) in [7, 11) is 0. The van der Waals surface area contributed by atoms with Crippen molar-refractivity contribution in [2.24, 2.45) is 0 Å². The number of hydrogen-bond donors (Lipinski definition) is 1. The Hall–Kier alpha value is -1.24. The lowest BCUT2D eigenvalue weighted by atomic mass is 10.6. The molecule has 0 aliphatic carbocycles. The van der Waals surface area contributed by atoms with Gasteiger partial charge in [-0.05, 0) is 0 Å². The molecular formula is C7H11N4O2S+. The summed E-state index contributed by atoms with van der Waals surface area (Å²) in [6, 6.07) is 0. The van der Waals surface area contributed by atoms with E-state index in [1.54, 1.807) is 11.0 Å². The maximum Gasteiger partial charge on any atom is 0.305 e. The normalized spacial score (nSPS) is 16.7. The highest BCUT2D eigenvalue weighted by Crippen LogP contribution is 2.06. The van der Waals surface area contributed by atoms with Gasteiger partial charge in [-0.1, -0.05) is 0 Å². The van der Waals surface area contributed by atoms with Crippen LogP contribution in [0.2, 0.25) is 0 Å². The summed E-state index contributed by atoms with van der Waals surface area (Å²) >= 11 is 1.93. The zero-order valence-corrected chi connectivity index (χ0v) is 8.37. The maximum absolute atomic E-state index is 10.1. The van der Waals surface area contributed by atoms with Gasteiger partial charge in [0.15, 0.2) is 0 Å². The van der Waals surface area contributed by atoms with Gasteiger partial charge in [-0.3, -0.25) is 14.6 Å². The molecule has 7 heteroatoms. The van der Waals surface area contributed by atoms with Crippen LogP contribution >= 0.6 is 11.8 Å². The van der Waals surface area contributed by atoms with Crippen LogP contribution in [0.1, 0.15) is 0 Å². The number of aromatic nitrogens is 2. The van der Waals surface area contributed by atoms with Crippen LogP contribution in [-0.2, 0) is 4.79 Å². The quantitative estimate of drug-likeness (QED) is 0.529. The topological polar surface area (TPSA) is 62.3 Å². The van der Waals surface area contributed by atoms with Gasteiger partial charge in [-0.15, -0.1) is 0 Å². The van der Waals surface area contributed by atoms with Crippen molar-refractivity contribution in [3.63, 3.8) is 0 Å². The smallest absolute Gasteiger partial charge is 0.291 e. The summed E-state index contributed by atoms with van der Waals surface area (Å²) < 4.78 is 4.88. The van der Waals surface area contributed by atoms with Crippen molar-refractivity contribution in [2.45, 2.75) is 0 Å². The Morgan fingerprint density at radius 3 is 3.14 bits per heavy atom. The molecule has 6 nitrogen and oxygen atoms in total. The number of carbonyl (C=O) groups excluding carboxylic acids is 1. The number of amides is 1. The molecule has 0 radical (unpaired) electrons. The fourth-order valence-electron chi connectivity index (χ4n) is 1.25. The van der Waals surface area contributed by atoms with Crippen LogP contribution in [-0.4, -0.2) is 36.3 Å². The van der Waals surface area contributed by atoms with Crippen LogP contribution < -0.4 is 15.1 Å². The molecule has 1 fully saturated rings. The van der Waals surface area contributed by atoms with Crippen LogP contribution in [0.4, 0.5) is 5.88 Å². The van der Waals surface area contributed by atoms with Crippen molar-refractivity contribution in [2.75, 3.05) is 34.9 Å². The van der Waals surface area contributed by atoms with E-state index >= 15 is 0 Å². The third-order valence-corrected chi connectivity index (χ3v) is 2.88. The SMILES string of the molecule is O=CNc1c[n+](N2CCSCC2)no1. The average molecular weight is 215 g/mol. The van der Waals surface area contributed by atoms with Crippen molar-refractivity contribution < 1.29 is 14.1 Å². The molecule has 1 saturated heterocycles. The standard InChI is InChI=1S/C7H10N4O2S/c12-6-8-7-5-11(9-13-7)10-1-3-14-4-2-10/h5-6H,1-4H2/p+1. The van der Waals surface area contributed by atoms with Crippen molar-refractivity contribution in [1.29, 1.82) is 0 Å². The van der Waals surface area contributed by atoms with Gasteiger partial charge in [0.2, 0.25) is 11.7 Å². The molecule has 0 bridgehead atoms. The molecule has 2 heterocycles. The highest BCUT2D eigenvalue weighted by molar-refractivity contribution is 7.99. The van der Waals surface area contributed by atoms with Gasteiger partial charge in [0.1, 0.15) is 0 Å². The highest BCUT2D eigenvalue weighted by atomic mass is 32.2. The number of nitrogens with zero attached hydrogens (tertiary/aromatic N) is 3. The first kappa shape index (κ1) is 9.32. The van der Waals surface area contributed by atoms with Crippen LogP contribution in [0.15, 0.2) is 10.7 Å². The Balaban J connectivity index is 2.03. The van der Waals surface area contributed by atoms with Crippen LogP contribution in [0.3, 0.4) is 0 Å². The molecule has 1 aliphatic heterocycles. The van der Waals surface area contributed by atoms with Crippen molar-refractivity contribution in [1.82, 2.24) is 5.27 Å². The van der Waals surface area contributed by atoms with Gasteiger partial charge in [0.25, 0.3) is 6.20 Å². The summed E-state index contributed by atoms with van der Waals surface area (Å²) in [5.74, 6) is 2.55. The molecule has 0 saturated carbocycles. The molecule has 1 N–H and O–H groups in total. The third-order valence-electron chi connectivity index (χ3n) is 1.93. The van der Waals surface area contributed by atoms with E-state index in [0.29, 0.717) is 12.3 Å². The van der Waals surface area contributed by atoms with E-state index in [4.69, 9.17) is 4.52 Å². The minimum atomic E-state index is 0.359. The first-order valence-corrected chi connectivity index (χ1v) is 5.47. The van der Waals surface area contributed by atoms with Gasteiger partial charge >= 0.3 is 5.88 Å². The van der Waals surface area contributed by atoms with Gasteiger partial charge in [-0.2, -0.15) is 16.8 Å². The number of hydrogen-bond acceptors (Lipinski definition) is 5. The minimum Gasteiger partial charge on any atom is -0.291 e. The van der Waals surface area contributed by atoms with E-state index in [-0.39, 0.29) is 0 Å². The maximum atomic E-state index is 10.1. The Kier molecular flexibility index (Phi) is 2.87. The lowest BCUT2D eigenvalue weighted by Crippen LogP contribution is -2.61. The number of thioether (sulfide) groups is 1. The molecular weight excluding hydrogens is 204 g/mol. The van der Waals surface area contributed by atoms with E-state index in [0.717, 1.165) is 24.6 Å². The zero-order chi connectivity index (χ0) is 9.80. The van der Waals surface area contributed by atoms with Crippen molar-refractivity contribution in [3.05, 3.63) is 6.20 Å². The van der Waals surface area contributed by atoms with E-state index in [1.807, 2.05) is 11.8 Å².